The third-order valence-electron chi connectivity index (χ3n) is 4.27. The van der Waals surface area contributed by atoms with Crippen LogP contribution in [0.15, 0.2) is 35.0 Å². The van der Waals surface area contributed by atoms with Gasteiger partial charge in [0.15, 0.2) is 0 Å². The molecule has 3 rings (SSSR count). The van der Waals surface area contributed by atoms with Gasteiger partial charge in [-0.25, -0.2) is 0 Å². The van der Waals surface area contributed by atoms with Crippen LogP contribution in [0.1, 0.15) is 38.7 Å². The summed E-state index contributed by atoms with van der Waals surface area (Å²) >= 11 is 0. The Labute approximate surface area is 131 Å². The second-order valence-electron chi connectivity index (χ2n) is 6.83. The van der Waals surface area contributed by atoms with E-state index in [4.69, 9.17) is 9.47 Å². The molecule has 0 aromatic heterocycles. The zero-order valence-corrected chi connectivity index (χ0v) is 13.4. The summed E-state index contributed by atoms with van der Waals surface area (Å²) in [6, 6.07) is 5.59. The van der Waals surface area contributed by atoms with Crippen molar-refractivity contribution in [2.24, 2.45) is 10.4 Å². The molecule has 1 atom stereocenters. The lowest BCUT2D eigenvalue weighted by Crippen LogP contribution is -2.34. The first-order valence-electron chi connectivity index (χ1n) is 7.71. The molecule has 0 bridgehead atoms. The molecule has 4 nitrogen and oxygen atoms in total. The van der Waals surface area contributed by atoms with Gasteiger partial charge in [-0.3, -0.25) is 4.99 Å². The van der Waals surface area contributed by atoms with Gasteiger partial charge in [0, 0.05) is 17.2 Å². The highest BCUT2D eigenvalue weighted by Crippen LogP contribution is 2.48. The molecule has 0 radical (unpaired) electrons. The summed E-state index contributed by atoms with van der Waals surface area (Å²) in [4.78, 5) is 4.48. The van der Waals surface area contributed by atoms with Gasteiger partial charge in [0.1, 0.15) is 17.1 Å². The fraction of sp³-hybridized carbons (Fsp3) is 0.500. The molecule has 1 aromatic rings. The van der Waals surface area contributed by atoms with Crippen molar-refractivity contribution in [1.82, 2.24) is 0 Å². The number of hydrogen-bond donors (Lipinski definition) is 1. The maximum absolute atomic E-state index is 11.6. The van der Waals surface area contributed by atoms with E-state index in [1.165, 1.54) is 0 Å². The molecule has 4 heteroatoms. The molecule has 1 N–H and O–H groups in total. The highest BCUT2D eigenvalue weighted by atomic mass is 16.5. The number of nitrogens with zero attached hydrogens (tertiary/aromatic N) is 1. The van der Waals surface area contributed by atoms with Crippen LogP contribution < -0.4 is 9.47 Å². The summed E-state index contributed by atoms with van der Waals surface area (Å²) in [6.07, 6.45) is 6.30. The van der Waals surface area contributed by atoms with Crippen molar-refractivity contribution >= 4 is 6.21 Å². The summed E-state index contributed by atoms with van der Waals surface area (Å²) in [5.74, 6) is 1.41. The summed E-state index contributed by atoms with van der Waals surface area (Å²) in [6.45, 7) is 4.77. The molecule has 1 aromatic carbocycles. The van der Waals surface area contributed by atoms with Crippen molar-refractivity contribution in [1.29, 1.82) is 0 Å². The van der Waals surface area contributed by atoms with E-state index in [2.05, 4.69) is 18.8 Å². The SMILES string of the molecule is COc1ccc2c(c1)C(O)(C1=CCCC=N1)CC(C)(C)CO2. The molecule has 118 valence electrons. The van der Waals surface area contributed by atoms with Gasteiger partial charge in [0.2, 0.25) is 0 Å². The van der Waals surface area contributed by atoms with E-state index >= 15 is 0 Å². The minimum absolute atomic E-state index is 0.158. The Balaban J connectivity index is 2.17. The van der Waals surface area contributed by atoms with E-state index in [-0.39, 0.29) is 5.41 Å². The second kappa shape index (κ2) is 5.43. The number of hydrogen-bond acceptors (Lipinski definition) is 4. The average Bonchev–Trinajstić information content (AvgIpc) is 2.63. The predicted octanol–water partition coefficient (Wildman–Crippen LogP) is 3.44. The summed E-state index contributed by atoms with van der Waals surface area (Å²) < 4.78 is 11.3. The van der Waals surface area contributed by atoms with Crippen molar-refractivity contribution in [3.05, 3.63) is 35.5 Å². The van der Waals surface area contributed by atoms with Gasteiger partial charge in [0.05, 0.1) is 19.4 Å². The van der Waals surface area contributed by atoms with Crippen LogP contribution in [0, 0.1) is 5.41 Å². The minimum atomic E-state index is -1.15. The van der Waals surface area contributed by atoms with Gasteiger partial charge in [-0.2, -0.15) is 0 Å². The monoisotopic (exact) mass is 301 g/mol. The summed E-state index contributed by atoms with van der Waals surface area (Å²) in [7, 11) is 1.63. The first-order chi connectivity index (χ1) is 10.4. The molecule has 0 amide bonds. The Hall–Kier alpha value is -1.81. The van der Waals surface area contributed by atoms with Gasteiger partial charge in [0.25, 0.3) is 0 Å². The fourth-order valence-corrected chi connectivity index (χ4v) is 3.21. The maximum atomic E-state index is 11.6. The van der Waals surface area contributed by atoms with Crippen LogP contribution in [0.2, 0.25) is 0 Å². The number of aliphatic imine (C=N–C) groups is 1. The minimum Gasteiger partial charge on any atom is -0.497 e. The quantitative estimate of drug-likeness (QED) is 0.910. The van der Waals surface area contributed by atoms with Crippen molar-refractivity contribution in [3.8, 4) is 11.5 Å². The third kappa shape index (κ3) is 2.63. The maximum Gasteiger partial charge on any atom is 0.135 e. The lowest BCUT2D eigenvalue weighted by molar-refractivity contribution is 0.0249. The van der Waals surface area contributed by atoms with Crippen LogP contribution in [0.3, 0.4) is 0 Å². The number of benzene rings is 1. The molecule has 1 unspecified atom stereocenters. The van der Waals surface area contributed by atoms with Crippen LogP contribution in [-0.2, 0) is 5.60 Å². The molecular formula is C18H23NO3. The first-order valence-corrected chi connectivity index (χ1v) is 7.71. The van der Waals surface area contributed by atoms with Gasteiger partial charge >= 0.3 is 0 Å². The van der Waals surface area contributed by atoms with Crippen molar-refractivity contribution in [2.45, 2.75) is 38.7 Å². The predicted molar refractivity (Wildman–Crippen MR) is 86.6 cm³/mol. The number of aliphatic hydroxyl groups is 1. The Morgan fingerprint density at radius 1 is 1.27 bits per heavy atom. The van der Waals surface area contributed by atoms with Gasteiger partial charge in [-0.1, -0.05) is 19.9 Å². The Bertz CT molecular complexity index is 633. The van der Waals surface area contributed by atoms with Crippen molar-refractivity contribution in [3.63, 3.8) is 0 Å². The molecule has 2 heterocycles. The van der Waals surface area contributed by atoms with Crippen LogP contribution in [-0.4, -0.2) is 25.0 Å². The standard InChI is InChI=1S/C18H23NO3/c1-17(2)11-18(20,16-6-4-5-9-19-16)14-10-13(21-3)7-8-15(14)22-12-17/h6-10,20H,4-5,11-12H2,1-3H3. The molecule has 0 saturated carbocycles. The molecule has 0 fully saturated rings. The number of rotatable bonds is 2. The summed E-state index contributed by atoms with van der Waals surface area (Å²) in [5, 5.41) is 11.6. The number of fused-ring (bicyclic) bond motifs is 1. The Morgan fingerprint density at radius 3 is 2.77 bits per heavy atom. The Morgan fingerprint density at radius 2 is 2.09 bits per heavy atom. The lowest BCUT2D eigenvalue weighted by atomic mass is 9.76. The average molecular weight is 301 g/mol. The molecule has 2 aliphatic heterocycles. The van der Waals surface area contributed by atoms with Crippen molar-refractivity contribution < 1.29 is 14.6 Å². The van der Waals surface area contributed by atoms with E-state index in [0.717, 1.165) is 18.4 Å². The normalized spacial score (nSPS) is 26.5. The zero-order chi connectivity index (χ0) is 15.8. The molecule has 0 spiro atoms. The molecule has 0 aliphatic carbocycles. The lowest BCUT2D eigenvalue weighted by Gasteiger charge is -2.34. The van der Waals surface area contributed by atoms with E-state index < -0.39 is 5.60 Å². The molecule has 0 saturated heterocycles. The zero-order valence-electron chi connectivity index (χ0n) is 13.4. The number of ether oxygens (including phenoxy) is 2. The van der Waals surface area contributed by atoms with E-state index in [1.54, 1.807) is 7.11 Å². The van der Waals surface area contributed by atoms with Crippen molar-refractivity contribution in [2.75, 3.05) is 13.7 Å². The fourth-order valence-electron chi connectivity index (χ4n) is 3.21. The van der Waals surface area contributed by atoms with Gasteiger partial charge < -0.3 is 14.6 Å². The van der Waals surface area contributed by atoms with Gasteiger partial charge in [-0.15, -0.1) is 0 Å². The largest absolute Gasteiger partial charge is 0.497 e. The van der Waals surface area contributed by atoms with Gasteiger partial charge in [-0.05, 0) is 37.5 Å². The molecule has 22 heavy (non-hydrogen) atoms. The third-order valence-corrected chi connectivity index (χ3v) is 4.27. The van der Waals surface area contributed by atoms with Crippen LogP contribution in [0.4, 0.5) is 0 Å². The van der Waals surface area contributed by atoms with Crippen LogP contribution >= 0.6 is 0 Å². The highest BCUT2D eigenvalue weighted by Gasteiger charge is 2.44. The van der Waals surface area contributed by atoms with Crippen LogP contribution in [0.25, 0.3) is 0 Å². The van der Waals surface area contributed by atoms with E-state index in [9.17, 15) is 5.11 Å². The number of methoxy groups -OCH3 is 1. The summed E-state index contributed by atoms with van der Waals surface area (Å²) in [5.41, 5.74) is 0.143. The number of allylic oxidation sites excluding steroid dienone is 1. The Kier molecular flexibility index (Phi) is 3.73. The van der Waals surface area contributed by atoms with E-state index in [1.807, 2.05) is 30.5 Å². The van der Waals surface area contributed by atoms with Crippen LogP contribution in [0.5, 0.6) is 11.5 Å². The first kappa shape index (κ1) is 15.1. The molecular weight excluding hydrogens is 278 g/mol. The smallest absolute Gasteiger partial charge is 0.135 e. The van der Waals surface area contributed by atoms with E-state index in [0.29, 0.717) is 30.2 Å². The second-order valence-corrected chi connectivity index (χ2v) is 6.83. The highest BCUT2D eigenvalue weighted by molar-refractivity contribution is 5.62. The topological polar surface area (TPSA) is 51.0 Å². The molecule has 2 aliphatic rings.